The Balaban J connectivity index is 1.42. The van der Waals surface area contributed by atoms with Crippen LogP contribution in [0.4, 0.5) is 0 Å². The maximum atomic E-state index is 12.2. The van der Waals surface area contributed by atoms with Crippen LogP contribution in [0.15, 0.2) is 48.5 Å². The number of amides is 2. The van der Waals surface area contributed by atoms with Gasteiger partial charge in [0, 0.05) is 17.1 Å². The van der Waals surface area contributed by atoms with Crippen LogP contribution in [0, 0.1) is 0 Å². The number of para-hydroxylation sites is 1. The second kappa shape index (κ2) is 11.8. The molecule has 1 aliphatic heterocycles. The number of carbonyl (C=O) groups is 2. The first kappa shape index (κ1) is 23.1. The van der Waals surface area contributed by atoms with Crippen molar-refractivity contribution < 1.29 is 23.8 Å². The standard InChI is InChI=1S/C22H26N2O5S2/c1-3-27-16-8-10-17(11-9-16)29-15(2)21(26)24-23-20(25)14-28-19-7-5-4-6-18(19)22-30-12-13-31-22/h4-11,15,22H,3,12-14H2,1-2H3,(H,23,25)(H,24,26). The van der Waals surface area contributed by atoms with Crippen LogP contribution in [0.3, 0.4) is 0 Å². The van der Waals surface area contributed by atoms with E-state index in [-0.39, 0.29) is 6.61 Å². The normalized spacial score (nSPS) is 14.5. The maximum Gasteiger partial charge on any atom is 0.279 e. The van der Waals surface area contributed by atoms with E-state index in [1.165, 1.54) is 0 Å². The van der Waals surface area contributed by atoms with E-state index in [0.717, 1.165) is 22.8 Å². The first-order chi connectivity index (χ1) is 15.1. The van der Waals surface area contributed by atoms with Crippen LogP contribution in [0.2, 0.25) is 0 Å². The predicted octanol–water partition coefficient (Wildman–Crippen LogP) is 3.56. The van der Waals surface area contributed by atoms with Gasteiger partial charge in [-0.15, -0.1) is 23.5 Å². The summed E-state index contributed by atoms with van der Waals surface area (Å²) in [7, 11) is 0. The Bertz CT molecular complexity index is 872. The third-order valence-corrected chi connectivity index (χ3v) is 7.36. The molecule has 0 aliphatic carbocycles. The molecule has 1 fully saturated rings. The molecule has 3 rings (SSSR count). The summed E-state index contributed by atoms with van der Waals surface area (Å²) in [6.07, 6.45) is -0.795. The fourth-order valence-corrected chi connectivity index (χ4v) is 5.70. The summed E-state index contributed by atoms with van der Waals surface area (Å²) in [5, 5.41) is 0. The van der Waals surface area contributed by atoms with Crippen molar-refractivity contribution in [1.82, 2.24) is 10.9 Å². The molecule has 1 unspecified atom stereocenters. The molecule has 1 heterocycles. The smallest absolute Gasteiger partial charge is 0.279 e. The monoisotopic (exact) mass is 462 g/mol. The topological polar surface area (TPSA) is 85.9 Å². The lowest BCUT2D eigenvalue weighted by Crippen LogP contribution is -2.48. The fourth-order valence-electron chi connectivity index (χ4n) is 2.80. The van der Waals surface area contributed by atoms with Gasteiger partial charge in [-0.25, -0.2) is 0 Å². The van der Waals surface area contributed by atoms with Crippen molar-refractivity contribution in [3.63, 3.8) is 0 Å². The largest absolute Gasteiger partial charge is 0.494 e. The number of hydrogen-bond donors (Lipinski definition) is 2. The van der Waals surface area contributed by atoms with Gasteiger partial charge in [-0.05, 0) is 44.2 Å². The number of carbonyl (C=O) groups excluding carboxylic acids is 2. The van der Waals surface area contributed by atoms with Crippen LogP contribution in [-0.2, 0) is 9.59 Å². The molecule has 166 valence electrons. The summed E-state index contributed by atoms with van der Waals surface area (Å²) < 4.78 is 17.0. The summed E-state index contributed by atoms with van der Waals surface area (Å²) in [5.74, 6) is 3.22. The molecule has 31 heavy (non-hydrogen) atoms. The van der Waals surface area contributed by atoms with Gasteiger partial charge in [0.1, 0.15) is 17.2 Å². The lowest BCUT2D eigenvalue weighted by atomic mass is 10.2. The van der Waals surface area contributed by atoms with Gasteiger partial charge in [-0.2, -0.15) is 0 Å². The minimum atomic E-state index is -0.795. The highest BCUT2D eigenvalue weighted by atomic mass is 32.2. The van der Waals surface area contributed by atoms with Gasteiger partial charge in [-0.3, -0.25) is 20.4 Å². The summed E-state index contributed by atoms with van der Waals surface area (Å²) in [5.41, 5.74) is 5.80. The summed E-state index contributed by atoms with van der Waals surface area (Å²) in [6, 6.07) is 14.7. The van der Waals surface area contributed by atoms with Crippen LogP contribution in [0.1, 0.15) is 24.0 Å². The minimum absolute atomic E-state index is 0.201. The Labute approximate surface area is 190 Å². The molecule has 2 aromatic carbocycles. The lowest BCUT2D eigenvalue weighted by molar-refractivity contribution is -0.133. The Kier molecular flexibility index (Phi) is 8.78. The predicted molar refractivity (Wildman–Crippen MR) is 124 cm³/mol. The van der Waals surface area contributed by atoms with Crippen LogP contribution < -0.4 is 25.1 Å². The molecular formula is C22H26N2O5S2. The molecule has 0 bridgehead atoms. The van der Waals surface area contributed by atoms with Crippen LogP contribution >= 0.6 is 23.5 Å². The molecule has 2 aromatic rings. The quantitative estimate of drug-likeness (QED) is 0.551. The fraction of sp³-hybridized carbons (Fsp3) is 0.364. The van der Waals surface area contributed by atoms with Gasteiger partial charge in [0.05, 0.1) is 11.2 Å². The number of ether oxygens (including phenoxy) is 3. The molecule has 2 N–H and O–H groups in total. The first-order valence-corrected chi connectivity index (χ1v) is 12.1. The maximum absolute atomic E-state index is 12.2. The second-order valence-corrected chi connectivity index (χ2v) is 9.33. The van der Waals surface area contributed by atoms with E-state index in [1.807, 2.05) is 54.7 Å². The van der Waals surface area contributed by atoms with Crippen LogP contribution in [0.5, 0.6) is 17.2 Å². The van der Waals surface area contributed by atoms with E-state index in [0.29, 0.717) is 22.7 Å². The van der Waals surface area contributed by atoms with E-state index in [9.17, 15) is 9.59 Å². The van der Waals surface area contributed by atoms with Crippen molar-refractivity contribution in [2.45, 2.75) is 24.5 Å². The summed E-state index contributed by atoms with van der Waals surface area (Å²) in [6.45, 7) is 3.88. The molecule has 0 radical (unpaired) electrons. The Morgan fingerprint density at radius 2 is 1.68 bits per heavy atom. The van der Waals surface area contributed by atoms with E-state index in [1.54, 1.807) is 31.2 Å². The van der Waals surface area contributed by atoms with Crippen LogP contribution in [-0.4, -0.2) is 42.6 Å². The third kappa shape index (κ3) is 7.00. The van der Waals surface area contributed by atoms with Crippen molar-refractivity contribution in [2.75, 3.05) is 24.7 Å². The van der Waals surface area contributed by atoms with Gasteiger partial charge in [-0.1, -0.05) is 18.2 Å². The number of hydrogen-bond acceptors (Lipinski definition) is 7. The zero-order chi connectivity index (χ0) is 22.1. The van der Waals surface area contributed by atoms with Crippen molar-refractivity contribution in [3.8, 4) is 17.2 Å². The number of benzene rings is 2. The molecule has 1 atom stereocenters. The minimum Gasteiger partial charge on any atom is -0.494 e. The van der Waals surface area contributed by atoms with Crippen molar-refractivity contribution >= 4 is 35.3 Å². The molecule has 1 saturated heterocycles. The number of thioether (sulfide) groups is 2. The number of rotatable bonds is 9. The zero-order valence-corrected chi connectivity index (χ0v) is 19.1. The van der Waals surface area contributed by atoms with Gasteiger partial charge < -0.3 is 14.2 Å². The summed E-state index contributed by atoms with van der Waals surface area (Å²) in [4.78, 5) is 24.3. The van der Waals surface area contributed by atoms with E-state index >= 15 is 0 Å². The highest BCUT2D eigenvalue weighted by Crippen LogP contribution is 2.48. The number of nitrogens with one attached hydrogen (secondary N) is 2. The molecule has 0 spiro atoms. The first-order valence-electron chi connectivity index (χ1n) is 10.00. The van der Waals surface area contributed by atoms with E-state index in [4.69, 9.17) is 14.2 Å². The second-order valence-electron chi connectivity index (χ2n) is 6.60. The number of hydrazine groups is 1. The zero-order valence-electron chi connectivity index (χ0n) is 17.5. The molecule has 9 heteroatoms. The van der Waals surface area contributed by atoms with Gasteiger partial charge in [0.2, 0.25) is 0 Å². The van der Waals surface area contributed by atoms with E-state index < -0.39 is 17.9 Å². The third-order valence-electron chi connectivity index (χ3n) is 4.30. The van der Waals surface area contributed by atoms with Crippen molar-refractivity contribution in [1.29, 1.82) is 0 Å². The molecule has 0 aromatic heterocycles. The van der Waals surface area contributed by atoms with Gasteiger partial charge in [0.25, 0.3) is 11.8 Å². The van der Waals surface area contributed by atoms with Crippen molar-refractivity contribution in [3.05, 3.63) is 54.1 Å². The summed E-state index contributed by atoms with van der Waals surface area (Å²) >= 11 is 3.74. The highest BCUT2D eigenvalue weighted by Gasteiger charge is 2.22. The Morgan fingerprint density at radius 3 is 2.39 bits per heavy atom. The highest BCUT2D eigenvalue weighted by molar-refractivity contribution is 8.19. The lowest BCUT2D eigenvalue weighted by Gasteiger charge is -2.17. The van der Waals surface area contributed by atoms with Crippen LogP contribution in [0.25, 0.3) is 0 Å². The molecule has 7 nitrogen and oxygen atoms in total. The van der Waals surface area contributed by atoms with Gasteiger partial charge in [0.15, 0.2) is 12.7 Å². The van der Waals surface area contributed by atoms with Crippen molar-refractivity contribution in [2.24, 2.45) is 0 Å². The SMILES string of the molecule is CCOc1ccc(OC(C)C(=O)NNC(=O)COc2ccccc2C2SCCS2)cc1. The molecular weight excluding hydrogens is 436 g/mol. The molecule has 2 amide bonds. The van der Waals surface area contributed by atoms with E-state index in [2.05, 4.69) is 10.9 Å². The Hall–Kier alpha value is -2.52. The Morgan fingerprint density at radius 1 is 1.00 bits per heavy atom. The average molecular weight is 463 g/mol. The molecule has 1 aliphatic rings. The average Bonchev–Trinajstić information content (AvgIpc) is 3.32. The molecule has 0 saturated carbocycles. The van der Waals surface area contributed by atoms with Gasteiger partial charge >= 0.3 is 0 Å².